The van der Waals surface area contributed by atoms with E-state index in [-0.39, 0.29) is 6.04 Å². The van der Waals surface area contributed by atoms with Crippen LogP contribution in [0.5, 0.6) is 0 Å². The van der Waals surface area contributed by atoms with E-state index in [0.717, 1.165) is 17.0 Å². The van der Waals surface area contributed by atoms with Gasteiger partial charge in [0.05, 0.1) is 0 Å². The number of rotatable bonds is 6. The van der Waals surface area contributed by atoms with E-state index in [1.54, 1.807) is 0 Å². The minimum absolute atomic E-state index is 0.153. The SMILES string of the molecule is CC(N)C(c1ccc(Cl)cc1)N(CC1CC1)C1CC1. The van der Waals surface area contributed by atoms with E-state index in [2.05, 4.69) is 24.0 Å². The third-order valence-corrected chi connectivity index (χ3v) is 4.50. The number of halogens is 1. The van der Waals surface area contributed by atoms with Crippen molar-refractivity contribution in [1.82, 2.24) is 4.90 Å². The largest absolute Gasteiger partial charge is 0.326 e. The number of nitrogens with zero attached hydrogens (tertiary/aromatic N) is 1. The lowest BCUT2D eigenvalue weighted by Crippen LogP contribution is -2.41. The molecule has 0 aromatic heterocycles. The van der Waals surface area contributed by atoms with Crippen molar-refractivity contribution in [1.29, 1.82) is 0 Å². The smallest absolute Gasteiger partial charge is 0.0499 e. The normalized spacial score (nSPS) is 22.5. The first-order chi connectivity index (χ1) is 9.15. The van der Waals surface area contributed by atoms with Crippen LogP contribution in [0, 0.1) is 5.92 Å². The van der Waals surface area contributed by atoms with Gasteiger partial charge in [0.1, 0.15) is 0 Å². The third-order valence-electron chi connectivity index (χ3n) is 4.25. The van der Waals surface area contributed by atoms with Crippen LogP contribution in [-0.2, 0) is 0 Å². The molecule has 0 bridgehead atoms. The summed E-state index contributed by atoms with van der Waals surface area (Å²) in [7, 11) is 0. The van der Waals surface area contributed by atoms with Crippen LogP contribution in [-0.4, -0.2) is 23.5 Å². The summed E-state index contributed by atoms with van der Waals surface area (Å²) >= 11 is 6.00. The molecule has 0 spiro atoms. The molecule has 2 saturated carbocycles. The molecule has 19 heavy (non-hydrogen) atoms. The fraction of sp³-hybridized carbons (Fsp3) is 0.625. The molecule has 2 aliphatic rings. The zero-order valence-corrected chi connectivity index (χ0v) is 12.3. The summed E-state index contributed by atoms with van der Waals surface area (Å²) in [5.41, 5.74) is 7.61. The molecular formula is C16H23ClN2. The predicted octanol–water partition coefficient (Wildman–Crippen LogP) is 3.60. The lowest BCUT2D eigenvalue weighted by Gasteiger charge is -2.35. The van der Waals surface area contributed by atoms with Crippen LogP contribution in [0.25, 0.3) is 0 Å². The van der Waals surface area contributed by atoms with Gasteiger partial charge in [-0.25, -0.2) is 0 Å². The van der Waals surface area contributed by atoms with Gasteiger partial charge in [-0.3, -0.25) is 4.90 Å². The van der Waals surface area contributed by atoms with Crippen LogP contribution < -0.4 is 5.73 Å². The summed E-state index contributed by atoms with van der Waals surface area (Å²) in [6, 6.07) is 9.48. The highest BCUT2D eigenvalue weighted by atomic mass is 35.5. The second-order valence-corrected chi connectivity index (χ2v) is 6.66. The first-order valence-electron chi connectivity index (χ1n) is 7.42. The number of benzene rings is 1. The highest BCUT2D eigenvalue weighted by Gasteiger charge is 2.39. The van der Waals surface area contributed by atoms with Gasteiger partial charge >= 0.3 is 0 Å². The van der Waals surface area contributed by atoms with Gasteiger partial charge in [-0.1, -0.05) is 23.7 Å². The molecule has 1 aromatic rings. The Bertz CT molecular complexity index is 421. The standard InChI is InChI=1S/C16H23ClN2/c1-11(18)16(13-4-6-14(17)7-5-13)19(15-8-9-15)10-12-2-3-12/h4-7,11-12,15-16H,2-3,8-10,18H2,1H3. The molecule has 2 N–H and O–H groups in total. The summed E-state index contributed by atoms with van der Waals surface area (Å²) in [5.74, 6) is 0.911. The van der Waals surface area contributed by atoms with Gasteiger partial charge in [0.2, 0.25) is 0 Å². The number of nitrogens with two attached hydrogens (primary N) is 1. The molecule has 2 aliphatic carbocycles. The summed E-state index contributed by atoms with van der Waals surface area (Å²) < 4.78 is 0. The molecule has 104 valence electrons. The lowest BCUT2D eigenvalue weighted by molar-refractivity contribution is 0.159. The van der Waals surface area contributed by atoms with E-state index < -0.39 is 0 Å². The Balaban J connectivity index is 1.82. The second kappa shape index (κ2) is 5.43. The van der Waals surface area contributed by atoms with Crippen LogP contribution in [0.3, 0.4) is 0 Å². The monoisotopic (exact) mass is 278 g/mol. The summed E-state index contributed by atoms with van der Waals surface area (Å²) in [5, 5.41) is 0.798. The Morgan fingerprint density at radius 1 is 1.21 bits per heavy atom. The third kappa shape index (κ3) is 3.31. The van der Waals surface area contributed by atoms with Gasteiger partial charge in [-0.05, 0) is 56.2 Å². The molecule has 2 unspecified atom stereocenters. The lowest BCUT2D eigenvalue weighted by atomic mass is 9.98. The van der Waals surface area contributed by atoms with Crippen LogP contribution >= 0.6 is 11.6 Å². The first kappa shape index (κ1) is 13.4. The Morgan fingerprint density at radius 3 is 2.32 bits per heavy atom. The van der Waals surface area contributed by atoms with Crippen molar-refractivity contribution in [3.05, 3.63) is 34.9 Å². The highest BCUT2D eigenvalue weighted by molar-refractivity contribution is 6.30. The maximum atomic E-state index is 6.29. The average Bonchev–Trinajstić information content (AvgIpc) is 3.25. The second-order valence-electron chi connectivity index (χ2n) is 6.23. The van der Waals surface area contributed by atoms with Crippen molar-refractivity contribution in [2.24, 2.45) is 11.7 Å². The maximum Gasteiger partial charge on any atom is 0.0499 e. The van der Waals surface area contributed by atoms with Crippen LogP contribution in [0.2, 0.25) is 5.02 Å². The molecule has 3 rings (SSSR count). The average molecular weight is 279 g/mol. The van der Waals surface area contributed by atoms with Gasteiger partial charge in [0, 0.05) is 29.7 Å². The van der Waals surface area contributed by atoms with Crippen molar-refractivity contribution in [3.63, 3.8) is 0 Å². The zero-order valence-electron chi connectivity index (χ0n) is 11.6. The number of hydrogen-bond donors (Lipinski definition) is 1. The summed E-state index contributed by atoms with van der Waals surface area (Å²) in [6.45, 7) is 3.35. The minimum Gasteiger partial charge on any atom is -0.326 e. The van der Waals surface area contributed by atoms with Crippen molar-refractivity contribution in [3.8, 4) is 0 Å². The van der Waals surface area contributed by atoms with E-state index in [9.17, 15) is 0 Å². The zero-order chi connectivity index (χ0) is 13.4. The Labute approximate surface area is 120 Å². The van der Waals surface area contributed by atoms with Crippen molar-refractivity contribution in [2.45, 2.75) is 50.7 Å². The van der Waals surface area contributed by atoms with E-state index in [1.807, 2.05) is 12.1 Å². The van der Waals surface area contributed by atoms with E-state index in [1.165, 1.54) is 37.8 Å². The van der Waals surface area contributed by atoms with Crippen molar-refractivity contribution < 1.29 is 0 Å². The Kier molecular flexibility index (Phi) is 3.84. The number of hydrogen-bond acceptors (Lipinski definition) is 2. The van der Waals surface area contributed by atoms with Crippen LogP contribution in [0.1, 0.15) is 44.2 Å². The molecule has 0 amide bonds. The fourth-order valence-corrected chi connectivity index (χ4v) is 3.08. The van der Waals surface area contributed by atoms with E-state index >= 15 is 0 Å². The molecule has 2 fully saturated rings. The summed E-state index contributed by atoms with van der Waals surface area (Å²) in [4.78, 5) is 2.66. The topological polar surface area (TPSA) is 29.3 Å². The molecule has 1 aromatic carbocycles. The van der Waals surface area contributed by atoms with Crippen LogP contribution in [0.4, 0.5) is 0 Å². The van der Waals surface area contributed by atoms with E-state index in [0.29, 0.717) is 6.04 Å². The minimum atomic E-state index is 0.153. The Morgan fingerprint density at radius 2 is 1.84 bits per heavy atom. The quantitative estimate of drug-likeness (QED) is 0.861. The maximum absolute atomic E-state index is 6.29. The van der Waals surface area contributed by atoms with Crippen molar-refractivity contribution in [2.75, 3.05) is 6.54 Å². The predicted molar refractivity (Wildman–Crippen MR) is 80.3 cm³/mol. The van der Waals surface area contributed by atoms with Gasteiger partial charge in [0.25, 0.3) is 0 Å². The summed E-state index contributed by atoms with van der Waals surface area (Å²) in [6.07, 6.45) is 5.47. The van der Waals surface area contributed by atoms with Gasteiger partial charge in [0.15, 0.2) is 0 Å². The molecule has 2 nitrogen and oxygen atoms in total. The van der Waals surface area contributed by atoms with Gasteiger partial charge in [-0.2, -0.15) is 0 Å². The van der Waals surface area contributed by atoms with Crippen LogP contribution in [0.15, 0.2) is 24.3 Å². The molecular weight excluding hydrogens is 256 g/mol. The highest BCUT2D eigenvalue weighted by Crippen LogP contribution is 2.40. The fourth-order valence-electron chi connectivity index (χ4n) is 2.95. The van der Waals surface area contributed by atoms with E-state index in [4.69, 9.17) is 17.3 Å². The molecule has 2 atom stereocenters. The molecule has 0 aliphatic heterocycles. The van der Waals surface area contributed by atoms with Gasteiger partial charge < -0.3 is 5.73 Å². The Hall–Kier alpha value is -0.570. The first-order valence-corrected chi connectivity index (χ1v) is 7.79. The molecule has 0 heterocycles. The molecule has 3 heteroatoms. The molecule has 0 saturated heterocycles. The van der Waals surface area contributed by atoms with Gasteiger partial charge in [-0.15, -0.1) is 0 Å². The molecule has 0 radical (unpaired) electrons. The van der Waals surface area contributed by atoms with Crippen molar-refractivity contribution >= 4 is 11.6 Å².